The Bertz CT molecular complexity index is 263. The van der Waals surface area contributed by atoms with Crippen LogP contribution in [0, 0.1) is 23.2 Å². The molecule has 0 radical (unpaired) electrons. The molecule has 2 aliphatic rings. The third-order valence-electron chi connectivity index (χ3n) is 4.00. The summed E-state index contributed by atoms with van der Waals surface area (Å²) in [5, 5.41) is 0. The van der Waals surface area contributed by atoms with E-state index in [9.17, 15) is 0 Å². The molecule has 1 saturated carbocycles. The van der Waals surface area contributed by atoms with Crippen molar-refractivity contribution >= 4 is 0 Å². The smallest absolute Gasteiger partial charge is 0.0601 e. The van der Waals surface area contributed by atoms with Crippen molar-refractivity contribution in [1.82, 2.24) is 4.90 Å². The molecule has 0 aromatic heterocycles. The van der Waals surface area contributed by atoms with Crippen molar-refractivity contribution in [3.63, 3.8) is 0 Å². The summed E-state index contributed by atoms with van der Waals surface area (Å²) in [5.41, 5.74) is 6.39. The van der Waals surface area contributed by atoms with Crippen molar-refractivity contribution in [2.45, 2.75) is 26.2 Å². The van der Waals surface area contributed by atoms with Gasteiger partial charge in [-0.2, -0.15) is 0 Å². The van der Waals surface area contributed by atoms with Crippen molar-refractivity contribution in [2.75, 3.05) is 26.2 Å². The lowest BCUT2D eigenvalue weighted by molar-refractivity contribution is 0.259. The van der Waals surface area contributed by atoms with Gasteiger partial charge in [0.15, 0.2) is 0 Å². The molecule has 2 rings (SSSR count). The van der Waals surface area contributed by atoms with Crippen LogP contribution in [-0.4, -0.2) is 31.1 Å². The average Bonchev–Trinajstić information content (AvgIpc) is 2.70. The predicted molar refractivity (Wildman–Crippen MR) is 58.7 cm³/mol. The highest BCUT2D eigenvalue weighted by Crippen LogP contribution is 2.47. The molecule has 0 spiro atoms. The molecule has 1 saturated heterocycles. The van der Waals surface area contributed by atoms with Crippen LogP contribution in [0.3, 0.4) is 0 Å². The zero-order valence-corrected chi connectivity index (χ0v) is 9.05. The first kappa shape index (κ1) is 10.0. The number of hydrogen-bond donors (Lipinski definition) is 1. The maximum Gasteiger partial charge on any atom is 0.0601 e. The highest BCUT2D eigenvalue weighted by atomic mass is 15.2. The van der Waals surface area contributed by atoms with Crippen molar-refractivity contribution in [3.8, 4) is 11.8 Å². The molecule has 0 aromatic carbocycles. The molecule has 2 nitrogen and oxygen atoms in total. The third-order valence-corrected chi connectivity index (χ3v) is 4.00. The number of rotatable bonds is 2. The second-order valence-corrected chi connectivity index (χ2v) is 4.75. The predicted octanol–water partition coefficient (Wildman–Crippen LogP) is 1.07. The first-order valence-corrected chi connectivity index (χ1v) is 5.63. The fraction of sp³-hybridized carbons (Fsp3) is 0.833. The lowest BCUT2D eigenvalue weighted by Crippen LogP contribution is -2.35. The van der Waals surface area contributed by atoms with Gasteiger partial charge in [-0.15, -0.1) is 5.92 Å². The monoisotopic (exact) mass is 192 g/mol. The van der Waals surface area contributed by atoms with Gasteiger partial charge in [0.2, 0.25) is 0 Å². The van der Waals surface area contributed by atoms with E-state index in [1.165, 1.54) is 32.4 Å². The van der Waals surface area contributed by atoms with Crippen LogP contribution in [0.25, 0.3) is 0 Å². The Labute approximate surface area is 86.8 Å². The van der Waals surface area contributed by atoms with Gasteiger partial charge in [0.1, 0.15) is 0 Å². The highest BCUT2D eigenvalue weighted by molar-refractivity contribution is 5.05. The maximum atomic E-state index is 5.94. The Morgan fingerprint density at radius 2 is 2.43 bits per heavy atom. The van der Waals surface area contributed by atoms with E-state index in [-0.39, 0.29) is 0 Å². The lowest BCUT2D eigenvalue weighted by atomic mass is 9.81. The van der Waals surface area contributed by atoms with Crippen molar-refractivity contribution < 1.29 is 0 Å². The first-order valence-electron chi connectivity index (χ1n) is 5.63. The van der Waals surface area contributed by atoms with Crippen molar-refractivity contribution in [3.05, 3.63) is 0 Å². The first-order chi connectivity index (χ1) is 6.80. The fourth-order valence-corrected chi connectivity index (χ4v) is 3.17. The van der Waals surface area contributed by atoms with Crippen LogP contribution in [0.4, 0.5) is 0 Å². The second kappa shape index (κ2) is 3.92. The second-order valence-electron chi connectivity index (χ2n) is 4.75. The van der Waals surface area contributed by atoms with Gasteiger partial charge < -0.3 is 5.73 Å². The van der Waals surface area contributed by atoms with E-state index in [0.717, 1.165) is 19.0 Å². The van der Waals surface area contributed by atoms with Crippen molar-refractivity contribution in [2.24, 2.45) is 17.1 Å². The molecule has 2 fully saturated rings. The zero-order chi connectivity index (χ0) is 10.0. The summed E-state index contributed by atoms with van der Waals surface area (Å²) >= 11 is 0. The molecule has 78 valence electrons. The minimum atomic E-state index is 0.454. The number of hydrogen-bond acceptors (Lipinski definition) is 2. The van der Waals surface area contributed by atoms with Crippen LogP contribution in [0.5, 0.6) is 0 Å². The summed E-state index contributed by atoms with van der Waals surface area (Å²) in [5.74, 6) is 6.98. The van der Waals surface area contributed by atoms with Crippen LogP contribution >= 0.6 is 0 Å². The Kier molecular flexibility index (Phi) is 2.80. The topological polar surface area (TPSA) is 29.3 Å². The van der Waals surface area contributed by atoms with Crippen molar-refractivity contribution in [1.29, 1.82) is 0 Å². The Hall–Kier alpha value is -0.520. The summed E-state index contributed by atoms with van der Waals surface area (Å²) in [6.45, 7) is 6.13. The molecular formula is C12H20N2. The maximum absolute atomic E-state index is 5.94. The van der Waals surface area contributed by atoms with Crippen LogP contribution in [0.2, 0.25) is 0 Å². The van der Waals surface area contributed by atoms with Gasteiger partial charge >= 0.3 is 0 Å². The molecule has 2 heteroatoms. The van der Waals surface area contributed by atoms with Crippen LogP contribution in [0.1, 0.15) is 26.2 Å². The largest absolute Gasteiger partial charge is 0.330 e. The molecule has 0 bridgehead atoms. The minimum absolute atomic E-state index is 0.454. The van der Waals surface area contributed by atoms with E-state index >= 15 is 0 Å². The molecule has 1 aliphatic heterocycles. The van der Waals surface area contributed by atoms with Gasteiger partial charge in [-0.25, -0.2) is 0 Å². The number of fused-ring (bicyclic) bond motifs is 1. The van der Waals surface area contributed by atoms with E-state index < -0.39 is 0 Å². The SMILES string of the molecule is CC#CCN1CC2CCCC2(CN)C1. The van der Waals surface area contributed by atoms with E-state index in [1.807, 2.05) is 6.92 Å². The van der Waals surface area contributed by atoms with Gasteiger partial charge in [-0.05, 0) is 37.6 Å². The quantitative estimate of drug-likeness (QED) is 0.663. The van der Waals surface area contributed by atoms with E-state index in [4.69, 9.17) is 5.73 Å². The molecule has 0 aromatic rings. The van der Waals surface area contributed by atoms with E-state index in [0.29, 0.717) is 5.41 Å². The Balaban J connectivity index is 2.00. The van der Waals surface area contributed by atoms with Crippen LogP contribution in [0.15, 0.2) is 0 Å². The summed E-state index contributed by atoms with van der Waals surface area (Å²) in [7, 11) is 0. The average molecular weight is 192 g/mol. The number of likely N-dealkylation sites (tertiary alicyclic amines) is 1. The van der Waals surface area contributed by atoms with Gasteiger partial charge in [0.05, 0.1) is 6.54 Å². The third kappa shape index (κ3) is 1.55. The van der Waals surface area contributed by atoms with Crippen LogP contribution < -0.4 is 5.73 Å². The van der Waals surface area contributed by atoms with Crippen LogP contribution in [-0.2, 0) is 0 Å². The van der Waals surface area contributed by atoms with Gasteiger partial charge in [-0.1, -0.05) is 12.3 Å². The molecule has 1 aliphatic carbocycles. The molecule has 2 unspecified atom stereocenters. The molecule has 2 atom stereocenters. The van der Waals surface area contributed by atoms with Gasteiger partial charge in [-0.3, -0.25) is 4.90 Å². The van der Waals surface area contributed by atoms with Gasteiger partial charge in [0, 0.05) is 13.1 Å². The zero-order valence-electron chi connectivity index (χ0n) is 9.05. The normalized spacial score (nSPS) is 36.6. The Morgan fingerprint density at radius 3 is 3.07 bits per heavy atom. The summed E-state index contributed by atoms with van der Waals surface area (Å²) in [4.78, 5) is 2.48. The summed E-state index contributed by atoms with van der Waals surface area (Å²) in [6, 6.07) is 0. The molecular weight excluding hydrogens is 172 g/mol. The minimum Gasteiger partial charge on any atom is -0.330 e. The standard InChI is InChI=1S/C12H20N2/c1-2-3-7-14-8-11-5-4-6-12(11,9-13)10-14/h11H,4-10,13H2,1H3. The van der Waals surface area contributed by atoms with Gasteiger partial charge in [0.25, 0.3) is 0 Å². The number of nitrogens with two attached hydrogens (primary N) is 1. The Morgan fingerprint density at radius 1 is 1.57 bits per heavy atom. The summed E-state index contributed by atoms with van der Waals surface area (Å²) < 4.78 is 0. The molecule has 0 amide bonds. The van der Waals surface area contributed by atoms with E-state index in [1.54, 1.807) is 0 Å². The fourth-order valence-electron chi connectivity index (χ4n) is 3.17. The molecule has 14 heavy (non-hydrogen) atoms. The molecule has 2 N–H and O–H groups in total. The molecule has 1 heterocycles. The summed E-state index contributed by atoms with van der Waals surface area (Å²) in [6.07, 6.45) is 4.10. The number of nitrogens with zero attached hydrogens (tertiary/aromatic N) is 1. The van der Waals surface area contributed by atoms with E-state index in [2.05, 4.69) is 16.7 Å². The highest BCUT2D eigenvalue weighted by Gasteiger charge is 2.47. The lowest BCUT2D eigenvalue weighted by Gasteiger charge is -2.26.